The Morgan fingerprint density at radius 1 is 1.59 bits per heavy atom. The minimum Gasteiger partial charge on any atom is -0.506 e. The number of phenolic OH excluding ortho intramolecular Hbond substituents is 1. The van der Waals surface area contributed by atoms with Gasteiger partial charge < -0.3 is 15.2 Å². The van der Waals surface area contributed by atoms with Gasteiger partial charge in [0, 0.05) is 24.6 Å². The lowest BCUT2D eigenvalue weighted by Gasteiger charge is -2.09. The quantitative estimate of drug-likeness (QED) is 0.866. The molecule has 5 heteroatoms. The van der Waals surface area contributed by atoms with E-state index in [9.17, 15) is 9.90 Å². The number of carbonyl (C=O) groups excluding carboxylic acids is 1. The number of nitrogens with one attached hydrogen (secondary N) is 1. The molecule has 17 heavy (non-hydrogen) atoms. The van der Waals surface area contributed by atoms with Crippen LogP contribution < -0.4 is 5.32 Å². The largest absolute Gasteiger partial charge is 0.506 e. The van der Waals surface area contributed by atoms with Gasteiger partial charge in [-0.15, -0.1) is 0 Å². The minimum atomic E-state index is -0.182. The molecule has 2 N–H and O–H groups in total. The van der Waals surface area contributed by atoms with Crippen molar-refractivity contribution >= 4 is 17.5 Å². The van der Waals surface area contributed by atoms with Crippen molar-refractivity contribution in [1.82, 2.24) is 5.32 Å². The van der Waals surface area contributed by atoms with Crippen LogP contribution in [0.2, 0.25) is 5.02 Å². The van der Waals surface area contributed by atoms with Crippen LogP contribution in [0.4, 0.5) is 0 Å². The van der Waals surface area contributed by atoms with Crippen molar-refractivity contribution < 1.29 is 14.6 Å². The lowest BCUT2D eigenvalue weighted by molar-refractivity contribution is 0.0945. The van der Waals surface area contributed by atoms with Crippen molar-refractivity contribution in [2.75, 3.05) is 19.8 Å². The summed E-state index contributed by atoms with van der Waals surface area (Å²) in [6.45, 7) is 2.08. The molecule has 92 valence electrons. The standard InChI is InChI=1S/C12H14ClNO3/c13-10-5-9(1-2-11(10)15)12(16)14-6-8-3-4-17-7-8/h1-2,5,8,15H,3-4,6-7H2,(H,14,16). The molecule has 1 aliphatic heterocycles. The van der Waals surface area contributed by atoms with Crippen molar-refractivity contribution in [2.24, 2.45) is 5.92 Å². The molecule has 0 spiro atoms. The smallest absolute Gasteiger partial charge is 0.251 e. The molecule has 1 heterocycles. The second-order valence-electron chi connectivity index (χ2n) is 4.11. The summed E-state index contributed by atoms with van der Waals surface area (Å²) in [6.07, 6.45) is 0.983. The Morgan fingerprint density at radius 3 is 3.06 bits per heavy atom. The van der Waals surface area contributed by atoms with Crippen LogP contribution in [0.3, 0.4) is 0 Å². The second kappa shape index (κ2) is 5.38. The molecule has 4 nitrogen and oxygen atoms in total. The molecule has 0 aromatic heterocycles. The van der Waals surface area contributed by atoms with E-state index in [1.165, 1.54) is 12.1 Å². The lowest BCUT2D eigenvalue weighted by Crippen LogP contribution is -2.29. The number of rotatable bonds is 3. The molecule has 0 aliphatic carbocycles. The fourth-order valence-corrected chi connectivity index (χ4v) is 1.91. The van der Waals surface area contributed by atoms with Crippen LogP contribution in [-0.2, 0) is 4.74 Å². The number of aromatic hydroxyl groups is 1. The predicted octanol–water partition coefficient (Wildman–Crippen LogP) is 1.81. The third-order valence-corrected chi connectivity index (χ3v) is 3.09. The van der Waals surface area contributed by atoms with Crippen molar-refractivity contribution in [2.45, 2.75) is 6.42 Å². The number of halogens is 1. The van der Waals surface area contributed by atoms with E-state index in [1.807, 2.05) is 0 Å². The highest BCUT2D eigenvalue weighted by molar-refractivity contribution is 6.32. The van der Waals surface area contributed by atoms with Gasteiger partial charge in [-0.2, -0.15) is 0 Å². The molecular formula is C12H14ClNO3. The van der Waals surface area contributed by atoms with Gasteiger partial charge in [0.2, 0.25) is 0 Å². The first-order valence-electron chi connectivity index (χ1n) is 5.51. The molecule has 1 aliphatic rings. The van der Waals surface area contributed by atoms with Gasteiger partial charge in [-0.1, -0.05) is 11.6 Å². The van der Waals surface area contributed by atoms with E-state index in [0.717, 1.165) is 13.0 Å². The van der Waals surface area contributed by atoms with E-state index in [1.54, 1.807) is 6.07 Å². The average molecular weight is 256 g/mol. The molecular weight excluding hydrogens is 242 g/mol. The maximum Gasteiger partial charge on any atom is 0.251 e. The van der Waals surface area contributed by atoms with Gasteiger partial charge in [0.25, 0.3) is 5.91 Å². The van der Waals surface area contributed by atoms with E-state index in [4.69, 9.17) is 16.3 Å². The summed E-state index contributed by atoms with van der Waals surface area (Å²) in [5.74, 6) is 0.192. The predicted molar refractivity (Wildman–Crippen MR) is 64.4 cm³/mol. The Morgan fingerprint density at radius 2 is 2.41 bits per heavy atom. The van der Waals surface area contributed by atoms with E-state index in [0.29, 0.717) is 24.6 Å². The summed E-state index contributed by atoms with van der Waals surface area (Å²) in [7, 11) is 0. The van der Waals surface area contributed by atoms with Crippen molar-refractivity contribution in [1.29, 1.82) is 0 Å². The topological polar surface area (TPSA) is 58.6 Å². The molecule has 0 bridgehead atoms. The SMILES string of the molecule is O=C(NCC1CCOC1)c1ccc(O)c(Cl)c1. The molecule has 0 saturated carbocycles. The first-order chi connectivity index (χ1) is 8.16. The van der Waals surface area contributed by atoms with Gasteiger partial charge in [0.05, 0.1) is 11.6 Å². The first-order valence-corrected chi connectivity index (χ1v) is 5.89. The first kappa shape index (κ1) is 12.2. The Hall–Kier alpha value is -1.26. The molecule has 1 amide bonds. The zero-order valence-electron chi connectivity index (χ0n) is 9.28. The Balaban J connectivity index is 1.92. The number of hydrogen-bond acceptors (Lipinski definition) is 3. The average Bonchev–Trinajstić information content (AvgIpc) is 2.82. The molecule has 2 rings (SSSR count). The normalized spacial score (nSPS) is 19.2. The zero-order chi connectivity index (χ0) is 12.3. The molecule has 0 radical (unpaired) electrons. The number of ether oxygens (including phenoxy) is 1. The van der Waals surface area contributed by atoms with Gasteiger partial charge in [0.1, 0.15) is 5.75 Å². The molecule has 1 unspecified atom stereocenters. The minimum absolute atomic E-state index is 0.0209. The van der Waals surface area contributed by atoms with Crippen LogP contribution >= 0.6 is 11.6 Å². The van der Waals surface area contributed by atoms with Crippen molar-refractivity contribution in [3.8, 4) is 5.75 Å². The van der Waals surface area contributed by atoms with Crippen molar-refractivity contribution in [3.05, 3.63) is 28.8 Å². The fourth-order valence-electron chi connectivity index (χ4n) is 1.73. The van der Waals surface area contributed by atoms with Crippen molar-refractivity contribution in [3.63, 3.8) is 0 Å². The van der Waals surface area contributed by atoms with Crippen LogP contribution in [0.25, 0.3) is 0 Å². The second-order valence-corrected chi connectivity index (χ2v) is 4.51. The van der Waals surface area contributed by atoms with Crippen LogP contribution in [0.15, 0.2) is 18.2 Å². The highest BCUT2D eigenvalue weighted by atomic mass is 35.5. The molecule has 1 aromatic carbocycles. The summed E-state index contributed by atoms with van der Waals surface area (Å²) in [5.41, 5.74) is 0.451. The van der Waals surface area contributed by atoms with E-state index in [-0.39, 0.29) is 16.7 Å². The number of benzene rings is 1. The Labute approximate surface area is 105 Å². The highest BCUT2D eigenvalue weighted by Gasteiger charge is 2.17. The summed E-state index contributed by atoms with van der Waals surface area (Å²) in [4.78, 5) is 11.8. The van der Waals surface area contributed by atoms with Crippen LogP contribution in [0.1, 0.15) is 16.8 Å². The molecule has 1 aromatic rings. The van der Waals surface area contributed by atoms with Gasteiger partial charge >= 0.3 is 0 Å². The molecule has 1 fully saturated rings. The lowest BCUT2D eigenvalue weighted by atomic mass is 10.1. The number of amides is 1. The maximum atomic E-state index is 11.8. The highest BCUT2D eigenvalue weighted by Crippen LogP contribution is 2.23. The number of hydrogen-bond donors (Lipinski definition) is 2. The molecule has 1 saturated heterocycles. The maximum absolute atomic E-state index is 11.8. The molecule has 1 atom stereocenters. The number of phenols is 1. The van der Waals surface area contributed by atoms with Crippen LogP contribution in [0.5, 0.6) is 5.75 Å². The summed E-state index contributed by atoms with van der Waals surface area (Å²) >= 11 is 5.74. The fraction of sp³-hybridized carbons (Fsp3) is 0.417. The van der Waals surface area contributed by atoms with Gasteiger partial charge in [-0.05, 0) is 24.6 Å². The Bertz CT molecular complexity index is 416. The summed E-state index contributed by atoms with van der Waals surface area (Å²) in [6, 6.07) is 4.41. The van der Waals surface area contributed by atoms with Gasteiger partial charge in [0.15, 0.2) is 0 Å². The van der Waals surface area contributed by atoms with E-state index in [2.05, 4.69) is 5.32 Å². The zero-order valence-corrected chi connectivity index (χ0v) is 10.0. The monoisotopic (exact) mass is 255 g/mol. The van der Waals surface area contributed by atoms with Crippen LogP contribution in [-0.4, -0.2) is 30.8 Å². The van der Waals surface area contributed by atoms with E-state index >= 15 is 0 Å². The summed E-state index contributed by atoms with van der Waals surface area (Å²) < 4.78 is 5.22. The van der Waals surface area contributed by atoms with Gasteiger partial charge in [-0.3, -0.25) is 4.79 Å². The van der Waals surface area contributed by atoms with E-state index < -0.39 is 0 Å². The summed E-state index contributed by atoms with van der Waals surface area (Å²) in [5, 5.41) is 12.3. The van der Waals surface area contributed by atoms with Gasteiger partial charge in [-0.25, -0.2) is 0 Å². The Kier molecular flexibility index (Phi) is 3.86. The van der Waals surface area contributed by atoms with Crippen LogP contribution in [0, 0.1) is 5.92 Å². The third-order valence-electron chi connectivity index (χ3n) is 2.79. The third kappa shape index (κ3) is 3.11. The number of carbonyl (C=O) groups is 1.